The third-order valence-corrected chi connectivity index (χ3v) is 1.62. The molecule has 1 aromatic carbocycles. The molecule has 13 heavy (non-hydrogen) atoms. The second-order valence-corrected chi connectivity index (χ2v) is 2.53. The summed E-state index contributed by atoms with van der Waals surface area (Å²) in [6.45, 7) is 1.84. The number of aldehydes is 1. The number of carbonyl (C=O) groups excluding carboxylic acids is 1. The molecule has 1 aromatic rings. The van der Waals surface area contributed by atoms with E-state index in [1.165, 1.54) is 0 Å². The lowest BCUT2D eigenvalue weighted by atomic mass is 10.1. The molecular formula is C11H7NO. The van der Waals surface area contributed by atoms with E-state index in [2.05, 4.69) is 17.9 Å². The predicted octanol–water partition coefficient (Wildman–Crippen LogP) is 1.42. The minimum absolute atomic E-state index is 0.549. The van der Waals surface area contributed by atoms with Gasteiger partial charge in [0.2, 0.25) is 0 Å². The Hall–Kier alpha value is -2.06. The van der Waals surface area contributed by atoms with Crippen LogP contribution in [0.2, 0.25) is 0 Å². The molecule has 0 bridgehead atoms. The van der Waals surface area contributed by atoms with E-state index < -0.39 is 0 Å². The van der Waals surface area contributed by atoms with Gasteiger partial charge in [0.05, 0.1) is 11.6 Å². The van der Waals surface area contributed by atoms with Gasteiger partial charge in [0, 0.05) is 5.56 Å². The highest BCUT2D eigenvalue weighted by Gasteiger charge is 1.95. The Kier molecular flexibility index (Phi) is 2.84. The van der Waals surface area contributed by atoms with Crippen LogP contribution in [0.5, 0.6) is 0 Å². The van der Waals surface area contributed by atoms with Crippen LogP contribution in [-0.2, 0) is 4.79 Å². The maximum absolute atomic E-state index is 9.96. The van der Waals surface area contributed by atoms with Gasteiger partial charge in [-0.1, -0.05) is 5.92 Å². The Bertz CT molecular complexity index is 430. The lowest BCUT2D eigenvalue weighted by Gasteiger charge is -1.96. The van der Waals surface area contributed by atoms with Crippen molar-refractivity contribution in [3.63, 3.8) is 0 Å². The zero-order chi connectivity index (χ0) is 9.68. The number of hydrogen-bond acceptors (Lipinski definition) is 2. The number of benzene rings is 1. The van der Waals surface area contributed by atoms with Crippen molar-refractivity contribution in [2.24, 2.45) is 0 Å². The van der Waals surface area contributed by atoms with Crippen LogP contribution in [0.4, 0.5) is 0 Å². The van der Waals surface area contributed by atoms with E-state index in [1.54, 1.807) is 18.2 Å². The molecular weight excluding hydrogens is 162 g/mol. The highest BCUT2D eigenvalue weighted by molar-refractivity contribution is 5.74. The minimum atomic E-state index is 0.549. The van der Waals surface area contributed by atoms with Crippen LogP contribution in [0, 0.1) is 30.1 Å². The van der Waals surface area contributed by atoms with E-state index in [9.17, 15) is 4.79 Å². The number of hydrogen-bond donors (Lipinski definition) is 0. The lowest BCUT2D eigenvalue weighted by molar-refractivity contribution is -0.103. The fraction of sp³-hybridized carbons (Fsp3) is 0.0909. The van der Waals surface area contributed by atoms with E-state index >= 15 is 0 Å². The Morgan fingerprint density at radius 3 is 2.77 bits per heavy atom. The van der Waals surface area contributed by atoms with Crippen molar-refractivity contribution < 1.29 is 4.79 Å². The summed E-state index contributed by atoms with van der Waals surface area (Å²) in [7, 11) is 0. The average Bonchev–Trinajstić information content (AvgIpc) is 2.15. The van der Waals surface area contributed by atoms with Gasteiger partial charge < -0.3 is 0 Å². The van der Waals surface area contributed by atoms with Gasteiger partial charge in [0.1, 0.15) is 0 Å². The highest BCUT2D eigenvalue weighted by Crippen LogP contribution is 2.08. The fourth-order valence-electron chi connectivity index (χ4n) is 0.980. The van der Waals surface area contributed by atoms with Gasteiger partial charge in [-0.05, 0) is 36.6 Å². The topological polar surface area (TPSA) is 40.9 Å². The van der Waals surface area contributed by atoms with Gasteiger partial charge in [-0.2, -0.15) is 5.26 Å². The van der Waals surface area contributed by atoms with E-state index in [4.69, 9.17) is 5.26 Å². The Morgan fingerprint density at radius 2 is 2.23 bits per heavy atom. The molecule has 0 heterocycles. The molecule has 2 nitrogen and oxygen atoms in total. The number of nitriles is 1. The van der Waals surface area contributed by atoms with Crippen LogP contribution in [0.25, 0.3) is 0 Å². The third-order valence-electron chi connectivity index (χ3n) is 1.62. The first kappa shape index (κ1) is 9.03. The van der Waals surface area contributed by atoms with Gasteiger partial charge in [-0.25, -0.2) is 0 Å². The second-order valence-electron chi connectivity index (χ2n) is 2.53. The number of aryl methyl sites for hydroxylation is 1. The SMILES string of the molecule is Cc1cc(C#CC=O)ccc1C#N. The van der Waals surface area contributed by atoms with Crippen molar-refractivity contribution >= 4 is 6.29 Å². The summed E-state index contributed by atoms with van der Waals surface area (Å²) >= 11 is 0. The molecule has 2 heteroatoms. The molecule has 0 spiro atoms. The standard InChI is InChI=1S/C11H7NO/c1-9-7-10(3-2-6-13)4-5-11(9)8-12/h4-7H,1H3. The van der Waals surface area contributed by atoms with Crippen molar-refractivity contribution in [3.05, 3.63) is 34.9 Å². The van der Waals surface area contributed by atoms with E-state index in [0.717, 1.165) is 11.1 Å². The second kappa shape index (κ2) is 4.09. The predicted molar refractivity (Wildman–Crippen MR) is 48.8 cm³/mol. The summed E-state index contributed by atoms with van der Waals surface area (Å²) in [5.74, 6) is 4.97. The van der Waals surface area contributed by atoms with Crippen LogP contribution in [0.1, 0.15) is 16.7 Å². The van der Waals surface area contributed by atoms with Crippen molar-refractivity contribution in [2.75, 3.05) is 0 Å². The first-order chi connectivity index (χ1) is 6.27. The van der Waals surface area contributed by atoms with Gasteiger partial charge in [0.25, 0.3) is 0 Å². The fourth-order valence-corrected chi connectivity index (χ4v) is 0.980. The molecule has 62 valence electrons. The molecule has 0 aliphatic heterocycles. The molecule has 0 aromatic heterocycles. The van der Waals surface area contributed by atoms with E-state index in [-0.39, 0.29) is 0 Å². The third kappa shape index (κ3) is 2.18. The summed E-state index contributed by atoms with van der Waals surface area (Å²) in [5.41, 5.74) is 2.26. The zero-order valence-corrected chi connectivity index (χ0v) is 7.16. The summed E-state index contributed by atoms with van der Waals surface area (Å²) in [4.78, 5) is 9.96. The first-order valence-corrected chi connectivity index (χ1v) is 3.74. The Balaban J connectivity index is 3.11. The molecule has 0 saturated carbocycles. The number of nitrogens with zero attached hydrogens (tertiary/aromatic N) is 1. The van der Waals surface area contributed by atoms with Gasteiger partial charge >= 0.3 is 0 Å². The number of carbonyl (C=O) groups is 1. The maximum atomic E-state index is 9.96. The van der Waals surface area contributed by atoms with Crippen molar-refractivity contribution in [1.82, 2.24) is 0 Å². The maximum Gasteiger partial charge on any atom is 0.193 e. The Labute approximate surface area is 76.8 Å². The molecule has 1 rings (SSSR count). The molecule has 0 aliphatic rings. The molecule has 0 radical (unpaired) electrons. The molecule has 0 N–H and O–H groups in total. The minimum Gasteiger partial charge on any atom is -0.289 e. The van der Waals surface area contributed by atoms with E-state index in [0.29, 0.717) is 11.8 Å². The summed E-state index contributed by atoms with van der Waals surface area (Å²) < 4.78 is 0. The normalized spacial score (nSPS) is 8.00. The van der Waals surface area contributed by atoms with Crippen LogP contribution in [0.15, 0.2) is 18.2 Å². The monoisotopic (exact) mass is 169 g/mol. The van der Waals surface area contributed by atoms with Gasteiger partial charge in [-0.15, -0.1) is 0 Å². The molecule has 0 atom stereocenters. The van der Waals surface area contributed by atoms with Crippen LogP contribution in [-0.4, -0.2) is 6.29 Å². The lowest BCUT2D eigenvalue weighted by Crippen LogP contribution is -1.83. The van der Waals surface area contributed by atoms with Gasteiger partial charge in [0.15, 0.2) is 6.29 Å². The Morgan fingerprint density at radius 1 is 1.46 bits per heavy atom. The van der Waals surface area contributed by atoms with Crippen molar-refractivity contribution in [2.45, 2.75) is 6.92 Å². The molecule has 0 amide bonds. The summed E-state index contributed by atoms with van der Waals surface area (Å²) in [6, 6.07) is 7.27. The van der Waals surface area contributed by atoms with Crippen LogP contribution < -0.4 is 0 Å². The zero-order valence-electron chi connectivity index (χ0n) is 7.16. The van der Waals surface area contributed by atoms with Gasteiger partial charge in [-0.3, -0.25) is 4.79 Å². The molecule has 0 aliphatic carbocycles. The quantitative estimate of drug-likeness (QED) is 0.435. The summed E-state index contributed by atoms with van der Waals surface area (Å²) in [6.07, 6.45) is 0.549. The van der Waals surface area contributed by atoms with Crippen LogP contribution >= 0.6 is 0 Å². The largest absolute Gasteiger partial charge is 0.289 e. The molecule has 0 saturated heterocycles. The summed E-state index contributed by atoms with van der Waals surface area (Å²) in [5, 5.41) is 8.64. The first-order valence-electron chi connectivity index (χ1n) is 3.74. The molecule has 0 fully saturated rings. The van der Waals surface area contributed by atoms with Crippen molar-refractivity contribution in [3.8, 4) is 17.9 Å². The molecule has 0 unspecified atom stereocenters. The van der Waals surface area contributed by atoms with Crippen LogP contribution in [0.3, 0.4) is 0 Å². The number of rotatable bonds is 0. The van der Waals surface area contributed by atoms with E-state index in [1.807, 2.05) is 6.92 Å². The average molecular weight is 169 g/mol. The van der Waals surface area contributed by atoms with Crippen molar-refractivity contribution in [1.29, 1.82) is 5.26 Å². The highest BCUT2D eigenvalue weighted by atomic mass is 16.1. The smallest absolute Gasteiger partial charge is 0.193 e.